The number of hydrogen-bond donors (Lipinski definition) is 0. The topological polar surface area (TPSA) is 23.1 Å². The van der Waals surface area contributed by atoms with Crippen LogP contribution in [0.1, 0.15) is 34.1 Å². The van der Waals surface area contributed by atoms with Crippen molar-refractivity contribution in [1.29, 1.82) is 0 Å². The Kier molecular flexibility index (Phi) is 2.53. The molecule has 0 saturated carbocycles. The molecule has 0 radical (unpaired) electrons. The third-order valence-corrected chi connectivity index (χ3v) is 7.66. The van der Waals surface area contributed by atoms with Gasteiger partial charge in [-0.15, -0.1) is 0 Å². The van der Waals surface area contributed by atoms with Crippen LogP contribution >= 0.6 is 7.44 Å². The molecule has 2 saturated heterocycles. The second kappa shape index (κ2) is 3.33. The van der Waals surface area contributed by atoms with Crippen molar-refractivity contribution in [2.75, 3.05) is 13.1 Å². The maximum atomic E-state index is 12.9. The lowest BCUT2D eigenvalue weighted by Gasteiger charge is -2.27. The van der Waals surface area contributed by atoms with E-state index in [0.29, 0.717) is 17.7 Å². The van der Waals surface area contributed by atoms with E-state index in [4.69, 9.17) is 0 Å². The van der Waals surface area contributed by atoms with Crippen molar-refractivity contribution < 1.29 is 4.57 Å². The van der Waals surface area contributed by atoms with Crippen molar-refractivity contribution in [2.24, 2.45) is 0 Å². The number of hydrogen-bond acceptors (Lipinski definition) is 1. The van der Waals surface area contributed by atoms with E-state index in [0.717, 1.165) is 19.5 Å². The molecule has 14 heavy (non-hydrogen) atoms. The van der Waals surface area contributed by atoms with Gasteiger partial charge in [0.05, 0.1) is 0 Å². The highest BCUT2D eigenvalue weighted by molar-refractivity contribution is 7.60. The minimum Gasteiger partial charge on any atom is -0.288 e. The lowest BCUT2D eigenvalue weighted by molar-refractivity contribution is 0.490. The van der Waals surface area contributed by atoms with Crippen LogP contribution in [-0.4, -0.2) is 40.2 Å². The number of rotatable bonds is 4. The van der Waals surface area contributed by atoms with Crippen molar-refractivity contribution in [3.8, 4) is 0 Å². The first-order valence-corrected chi connectivity index (χ1v) is 7.34. The normalized spacial score (nSPS) is 46.9. The summed E-state index contributed by atoms with van der Waals surface area (Å²) in [6.07, 6.45) is 1.02. The minimum absolute atomic E-state index is 0.331. The second-order valence-electron chi connectivity index (χ2n) is 4.79. The Balaban J connectivity index is 2.17. The third kappa shape index (κ3) is 1.46. The van der Waals surface area contributed by atoms with Crippen molar-refractivity contribution in [3.05, 3.63) is 0 Å². The molecule has 2 fully saturated rings. The summed E-state index contributed by atoms with van der Waals surface area (Å²) < 4.78 is 17.4. The first kappa shape index (κ1) is 10.7. The molecule has 3 unspecified atom stereocenters. The third-order valence-electron chi connectivity index (χ3n) is 3.55. The zero-order valence-corrected chi connectivity index (χ0v) is 10.5. The van der Waals surface area contributed by atoms with Gasteiger partial charge < -0.3 is 0 Å². The zero-order chi connectivity index (χ0) is 10.5. The molecule has 0 amide bonds. The van der Waals surface area contributed by atoms with Crippen LogP contribution in [0.2, 0.25) is 0 Å². The Morgan fingerprint density at radius 3 is 1.86 bits per heavy atom. The van der Waals surface area contributed by atoms with Crippen molar-refractivity contribution in [1.82, 2.24) is 9.34 Å². The van der Waals surface area contributed by atoms with Gasteiger partial charge in [0, 0.05) is 30.8 Å². The molecular weight excluding hydrogens is 195 g/mol. The molecule has 0 N–H and O–H groups in total. The van der Waals surface area contributed by atoms with Gasteiger partial charge >= 0.3 is 0 Å². The predicted molar refractivity (Wildman–Crippen MR) is 59.7 cm³/mol. The van der Waals surface area contributed by atoms with Crippen molar-refractivity contribution in [3.63, 3.8) is 0 Å². The van der Waals surface area contributed by atoms with E-state index in [1.807, 2.05) is 0 Å². The highest BCUT2D eigenvalue weighted by atomic mass is 31.2. The molecule has 2 aliphatic rings. The second-order valence-corrected chi connectivity index (χ2v) is 7.88. The molecule has 3 nitrogen and oxygen atoms in total. The summed E-state index contributed by atoms with van der Waals surface area (Å²) in [4.78, 5) is 0. The highest BCUT2D eigenvalue weighted by Crippen LogP contribution is 2.67. The van der Waals surface area contributed by atoms with Crippen LogP contribution in [0, 0.1) is 0 Å². The van der Waals surface area contributed by atoms with Crippen LogP contribution in [0.3, 0.4) is 0 Å². The van der Waals surface area contributed by atoms with E-state index >= 15 is 0 Å². The lowest BCUT2D eigenvalue weighted by Crippen LogP contribution is -2.17. The van der Waals surface area contributed by atoms with E-state index in [9.17, 15) is 4.57 Å². The molecule has 0 aromatic rings. The average Bonchev–Trinajstić information content (AvgIpc) is 3.02. The first-order chi connectivity index (χ1) is 6.51. The van der Waals surface area contributed by atoms with Crippen molar-refractivity contribution >= 4 is 7.44 Å². The summed E-state index contributed by atoms with van der Waals surface area (Å²) in [5.41, 5.74) is 0.331. The maximum absolute atomic E-state index is 12.9. The van der Waals surface area contributed by atoms with Crippen LogP contribution in [0.25, 0.3) is 0 Å². The van der Waals surface area contributed by atoms with Gasteiger partial charge in [0.2, 0.25) is 7.44 Å². The smallest absolute Gasteiger partial charge is 0.219 e. The van der Waals surface area contributed by atoms with Gasteiger partial charge in [-0.2, -0.15) is 0 Å². The molecule has 2 aliphatic heterocycles. The van der Waals surface area contributed by atoms with E-state index in [-0.39, 0.29) is 0 Å². The van der Waals surface area contributed by atoms with Crippen molar-refractivity contribution in [2.45, 2.75) is 51.9 Å². The SMILES string of the molecule is CC[C@H](C)P(=O)(N1C[C@H]1C)N1C[C@@H]1C. The minimum atomic E-state index is -2.18. The maximum Gasteiger partial charge on any atom is 0.219 e. The van der Waals surface area contributed by atoms with Crippen LogP contribution in [-0.2, 0) is 4.57 Å². The van der Waals surface area contributed by atoms with Crippen LogP contribution in [0.15, 0.2) is 0 Å². The highest BCUT2D eigenvalue weighted by Gasteiger charge is 2.56. The van der Waals surface area contributed by atoms with E-state index in [1.165, 1.54) is 0 Å². The quantitative estimate of drug-likeness (QED) is 0.532. The summed E-state index contributed by atoms with van der Waals surface area (Å²) in [6.45, 7) is 10.7. The first-order valence-electron chi connectivity index (χ1n) is 5.65. The molecule has 0 aliphatic carbocycles. The molecule has 2 rings (SSSR count). The summed E-state index contributed by atoms with van der Waals surface area (Å²) in [5, 5.41) is 0. The monoisotopic (exact) mass is 216 g/mol. The summed E-state index contributed by atoms with van der Waals surface area (Å²) in [6, 6.07) is 1.09. The molecule has 82 valence electrons. The van der Waals surface area contributed by atoms with Crippen LogP contribution < -0.4 is 0 Å². The lowest BCUT2D eigenvalue weighted by atomic mass is 10.4. The fourth-order valence-corrected chi connectivity index (χ4v) is 5.99. The molecule has 0 aromatic heterocycles. The molecular formula is C10H21N2OP. The Labute approximate surface area is 86.9 Å². The molecule has 0 bridgehead atoms. The van der Waals surface area contributed by atoms with Gasteiger partial charge in [0.1, 0.15) is 0 Å². The summed E-state index contributed by atoms with van der Waals surface area (Å²) >= 11 is 0. The zero-order valence-electron chi connectivity index (χ0n) is 9.60. The largest absolute Gasteiger partial charge is 0.288 e. The van der Waals surface area contributed by atoms with E-state index in [1.54, 1.807) is 0 Å². The summed E-state index contributed by atoms with van der Waals surface area (Å²) in [5.74, 6) is 0. The Bertz CT molecular complexity index is 250. The molecule has 0 aromatic carbocycles. The summed E-state index contributed by atoms with van der Waals surface area (Å²) in [7, 11) is -2.18. The van der Waals surface area contributed by atoms with Crippen LogP contribution in [0.4, 0.5) is 0 Å². The van der Waals surface area contributed by atoms with Gasteiger partial charge in [0.25, 0.3) is 0 Å². The molecule has 4 heteroatoms. The standard InChI is InChI=1S/C10H21N2OP/c1-5-10(4)14(13,11-6-8(11)2)12-7-9(12)3/h8-10H,5-7H2,1-4H3/t8-,9+,10-,11?,12?,14?/m0/s1. The fourth-order valence-electron chi connectivity index (χ4n) is 2.14. The van der Waals surface area contributed by atoms with Gasteiger partial charge in [-0.1, -0.05) is 13.8 Å². The Hall–Kier alpha value is 0.150. The van der Waals surface area contributed by atoms with E-state index in [2.05, 4.69) is 37.0 Å². The van der Waals surface area contributed by atoms with Gasteiger partial charge in [-0.3, -0.25) is 4.57 Å². The van der Waals surface area contributed by atoms with Crippen LogP contribution in [0.5, 0.6) is 0 Å². The number of nitrogens with zero attached hydrogens (tertiary/aromatic N) is 2. The fraction of sp³-hybridized carbons (Fsp3) is 1.00. The molecule has 0 spiro atoms. The average molecular weight is 216 g/mol. The Morgan fingerprint density at radius 1 is 1.29 bits per heavy atom. The van der Waals surface area contributed by atoms with Gasteiger partial charge in [-0.25, -0.2) is 9.34 Å². The Morgan fingerprint density at radius 2 is 1.64 bits per heavy atom. The van der Waals surface area contributed by atoms with E-state index < -0.39 is 7.44 Å². The van der Waals surface area contributed by atoms with Gasteiger partial charge in [-0.05, 0) is 20.3 Å². The molecule has 6 atom stereocenters. The molecule has 2 heterocycles. The predicted octanol–water partition coefficient (Wildman–Crippen LogP) is 2.39. The van der Waals surface area contributed by atoms with Gasteiger partial charge in [0.15, 0.2) is 0 Å².